The largest absolute Gasteiger partial charge is 0.507 e. The van der Waals surface area contributed by atoms with E-state index in [4.69, 9.17) is 0 Å². The number of carbonyl (C=O) groups excluding carboxylic acids is 1. The number of aromatic nitrogens is 1. The number of amides is 1. The van der Waals surface area contributed by atoms with Gasteiger partial charge in [0.1, 0.15) is 5.75 Å². The Morgan fingerprint density at radius 2 is 2.05 bits per heavy atom. The zero-order chi connectivity index (χ0) is 14.5. The number of nitrogens with zero attached hydrogens (tertiary/aromatic N) is 2. The van der Waals surface area contributed by atoms with E-state index < -0.39 is 0 Å². The third kappa shape index (κ3) is 3.20. The number of hydrazone groups is 1. The molecule has 0 aliphatic rings. The SMILES string of the molecule is Cc1cc(/C=N/NC(=O)c2cccnc2)cc(C)c1O. The molecular weight excluding hydrogens is 254 g/mol. The molecule has 2 N–H and O–H groups in total. The van der Waals surface area contributed by atoms with E-state index >= 15 is 0 Å². The van der Waals surface area contributed by atoms with Crippen LogP contribution in [0.25, 0.3) is 0 Å². The topological polar surface area (TPSA) is 74.6 Å². The first-order valence-electron chi connectivity index (χ1n) is 6.11. The van der Waals surface area contributed by atoms with Gasteiger partial charge in [-0.05, 0) is 54.8 Å². The second kappa shape index (κ2) is 5.97. The van der Waals surface area contributed by atoms with Gasteiger partial charge in [0.2, 0.25) is 0 Å². The maximum atomic E-state index is 11.7. The molecule has 2 aromatic rings. The highest BCUT2D eigenvalue weighted by Gasteiger charge is 2.04. The minimum Gasteiger partial charge on any atom is -0.507 e. The van der Waals surface area contributed by atoms with Gasteiger partial charge in [0, 0.05) is 12.4 Å². The number of phenols is 1. The van der Waals surface area contributed by atoms with E-state index in [0.717, 1.165) is 16.7 Å². The third-order valence-corrected chi connectivity index (χ3v) is 2.82. The Bertz CT molecular complexity index is 628. The molecule has 5 nitrogen and oxygen atoms in total. The lowest BCUT2D eigenvalue weighted by atomic mass is 10.1. The quantitative estimate of drug-likeness (QED) is 0.662. The van der Waals surface area contributed by atoms with Gasteiger partial charge in [-0.1, -0.05) is 0 Å². The number of pyridine rings is 1. The van der Waals surface area contributed by atoms with Crippen molar-refractivity contribution in [3.05, 3.63) is 58.9 Å². The van der Waals surface area contributed by atoms with Crippen LogP contribution in [0, 0.1) is 13.8 Å². The molecule has 0 bridgehead atoms. The molecule has 20 heavy (non-hydrogen) atoms. The summed E-state index contributed by atoms with van der Waals surface area (Å²) in [5.74, 6) is -0.0388. The third-order valence-electron chi connectivity index (χ3n) is 2.82. The highest BCUT2D eigenvalue weighted by Crippen LogP contribution is 2.21. The summed E-state index contributed by atoms with van der Waals surface area (Å²) >= 11 is 0. The number of hydrogen-bond donors (Lipinski definition) is 2. The van der Waals surface area contributed by atoms with Gasteiger partial charge < -0.3 is 5.11 Å². The average Bonchev–Trinajstić information content (AvgIpc) is 2.45. The predicted octanol–water partition coefficient (Wildman–Crippen LogP) is 2.17. The molecule has 2 rings (SSSR count). The Morgan fingerprint density at radius 3 is 2.65 bits per heavy atom. The highest BCUT2D eigenvalue weighted by atomic mass is 16.3. The Kier molecular flexibility index (Phi) is 4.10. The first kappa shape index (κ1) is 13.7. The molecule has 0 aliphatic carbocycles. The summed E-state index contributed by atoms with van der Waals surface area (Å²) in [6, 6.07) is 6.93. The van der Waals surface area contributed by atoms with Crippen LogP contribution in [0.1, 0.15) is 27.0 Å². The van der Waals surface area contributed by atoms with Crippen molar-refractivity contribution in [2.75, 3.05) is 0 Å². The summed E-state index contributed by atoms with van der Waals surface area (Å²) in [7, 11) is 0. The van der Waals surface area contributed by atoms with E-state index in [1.165, 1.54) is 12.4 Å². The van der Waals surface area contributed by atoms with Gasteiger partial charge in [0.05, 0.1) is 11.8 Å². The van der Waals surface area contributed by atoms with Crippen molar-refractivity contribution in [3.63, 3.8) is 0 Å². The number of aryl methyl sites for hydroxylation is 2. The van der Waals surface area contributed by atoms with Crippen molar-refractivity contribution < 1.29 is 9.90 Å². The summed E-state index contributed by atoms with van der Waals surface area (Å²) < 4.78 is 0. The fourth-order valence-corrected chi connectivity index (χ4v) is 1.79. The van der Waals surface area contributed by atoms with E-state index in [1.807, 2.05) is 13.8 Å². The maximum Gasteiger partial charge on any atom is 0.272 e. The summed E-state index contributed by atoms with van der Waals surface area (Å²) in [5, 5.41) is 13.6. The lowest BCUT2D eigenvalue weighted by Gasteiger charge is -2.04. The lowest BCUT2D eigenvalue weighted by Crippen LogP contribution is -2.17. The van der Waals surface area contributed by atoms with E-state index in [1.54, 1.807) is 30.5 Å². The molecule has 0 spiro atoms. The molecule has 1 heterocycles. The van der Waals surface area contributed by atoms with Crippen molar-refractivity contribution in [1.29, 1.82) is 0 Å². The number of rotatable bonds is 3. The molecule has 0 saturated carbocycles. The number of aromatic hydroxyl groups is 1. The van der Waals surface area contributed by atoms with Crippen molar-refractivity contribution in [2.45, 2.75) is 13.8 Å². The van der Waals surface area contributed by atoms with Crippen LogP contribution in [0.15, 0.2) is 41.8 Å². The van der Waals surface area contributed by atoms with E-state index in [9.17, 15) is 9.90 Å². The molecule has 0 atom stereocenters. The van der Waals surface area contributed by atoms with Crippen molar-refractivity contribution in [3.8, 4) is 5.75 Å². The van der Waals surface area contributed by atoms with Crippen molar-refractivity contribution in [2.24, 2.45) is 5.10 Å². The maximum absolute atomic E-state index is 11.7. The summed E-state index contributed by atoms with van der Waals surface area (Å²) in [6.45, 7) is 3.63. The van der Waals surface area contributed by atoms with Gasteiger partial charge in [-0.15, -0.1) is 0 Å². The van der Waals surface area contributed by atoms with Gasteiger partial charge in [0.15, 0.2) is 0 Å². The standard InChI is InChI=1S/C15H15N3O2/c1-10-6-12(7-11(2)14(10)19)8-17-18-15(20)13-4-3-5-16-9-13/h3-9,19H,1-2H3,(H,18,20)/b17-8+. The van der Waals surface area contributed by atoms with E-state index in [-0.39, 0.29) is 11.7 Å². The minimum absolute atomic E-state index is 0.279. The molecule has 0 unspecified atom stereocenters. The predicted molar refractivity (Wildman–Crippen MR) is 76.9 cm³/mol. The summed E-state index contributed by atoms with van der Waals surface area (Å²) in [5.41, 5.74) is 5.22. The van der Waals surface area contributed by atoms with Crippen LogP contribution in [0.4, 0.5) is 0 Å². The van der Waals surface area contributed by atoms with Crippen LogP contribution in [-0.4, -0.2) is 22.2 Å². The molecule has 102 valence electrons. The molecular formula is C15H15N3O2. The van der Waals surface area contributed by atoms with Crippen LogP contribution >= 0.6 is 0 Å². The van der Waals surface area contributed by atoms with Gasteiger partial charge in [0.25, 0.3) is 5.91 Å². The van der Waals surface area contributed by atoms with E-state index in [0.29, 0.717) is 5.56 Å². The highest BCUT2D eigenvalue weighted by molar-refractivity contribution is 5.94. The molecule has 1 amide bonds. The fraction of sp³-hybridized carbons (Fsp3) is 0.133. The zero-order valence-corrected chi connectivity index (χ0v) is 11.3. The van der Waals surface area contributed by atoms with Gasteiger partial charge >= 0.3 is 0 Å². The number of phenolic OH excluding ortho intramolecular Hbond substituents is 1. The normalized spacial score (nSPS) is 10.7. The van der Waals surface area contributed by atoms with Crippen LogP contribution < -0.4 is 5.43 Å². The summed E-state index contributed by atoms with van der Waals surface area (Å²) in [6.07, 6.45) is 4.61. The number of carbonyl (C=O) groups is 1. The van der Waals surface area contributed by atoms with Gasteiger partial charge in [-0.3, -0.25) is 9.78 Å². The second-order valence-electron chi connectivity index (χ2n) is 4.44. The lowest BCUT2D eigenvalue weighted by molar-refractivity contribution is 0.0955. The van der Waals surface area contributed by atoms with E-state index in [2.05, 4.69) is 15.5 Å². The molecule has 0 radical (unpaired) electrons. The minimum atomic E-state index is -0.318. The summed E-state index contributed by atoms with van der Waals surface area (Å²) in [4.78, 5) is 15.6. The number of hydrogen-bond acceptors (Lipinski definition) is 4. The van der Waals surface area contributed by atoms with Crippen molar-refractivity contribution >= 4 is 12.1 Å². The van der Waals surface area contributed by atoms with Gasteiger partial charge in [-0.2, -0.15) is 5.10 Å². The van der Waals surface area contributed by atoms with Crippen LogP contribution in [0.2, 0.25) is 0 Å². The fourth-order valence-electron chi connectivity index (χ4n) is 1.79. The van der Waals surface area contributed by atoms with Crippen LogP contribution in [0.5, 0.6) is 5.75 Å². The zero-order valence-electron chi connectivity index (χ0n) is 11.3. The number of benzene rings is 1. The Morgan fingerprint density at radius 1 is 1.35 bits per heavy atom. The molecule has 1 aromatic heterocycles. The smallest absolute Gasteiger partial charge is 0.272 e. The molecule has 1 aromatic carbocycles. The monoisotopic (exact) mass is 269 g/mol. The van der Waals surface area contributed by atoms with Crippen LogP contribution in [-0.2, 0) is 0 Å². The average molecular weight is 269 g/mol. The van der Waals surface area contributed by atoms with Crippen molar-refractivity contribution in [1.82, 2.24) is 10.4 Å². The number of nitrogens with one attached hydrogen (secondary N) is 1. The Balaban J connectivity index is 2.06. The first-order valence-corrected chi connectivity index (χ1v) is 6.11. The molecule has 0 fully saturated rings. The first-order chi connectivity index (χ1) is 9.58. The second-order valence-corrected chi connectivity index (χ2v) is 4.44. The Hall–Kier alpha value is -2.69. The molecule has 0 saturated heterocycles. The van der Waals surface area contributed by atoms with Crippen LogP contribution in [0.3, 0.4) is 0 Å². The molecule has 0 aliphatic heterocycles. The van der Waals surface area contributed by atoms with Gasteiger partial charge in [-0.25, -0.2) is 5.43 Å². The molecule has 5 heteroatoms. The Labute approximate surface area is 117 Å².